The molecule has 2 nitrogen and oxygen atoms in total. The van der Waals surface area contributed by atoms with Gasteiger partial charge in [0.15, 0.2) is 11.6 Å². The fourth-order valence-corrected chi connectivity index (χ4v) is 3.47. The van der Waals surface area contributed by atoms with E-state index in [9.17, 15) is 18.0 Å². The lowest BCUT2D eigenvalue weighted by Gasteiger charge is -2.13. The number of methoxy groups -OCH3 is 1. The third-order valence-corrected chi connectivity index (χ3v) is 5.25. The van der Waals surface area contributed by atoms with E-state index in [0.29, 0.717) is 6.42 Å². The van der Waals surface area contributed by atoms with E-state index < -0.39 is 23.4 Å². The number of esters is 1. The van der Waals surface area contributed by atoms with Gasteiger partial charge in [-0.3, -0.25) is 0 Å². The predicted molar refractivity (Wildman–Crippen MR) is 114 cm³/mol. The van der Waals surface area contributed by atoms with Crippen LogP contribution in [0.25, 0.3) is 6.08 Å². The molecule has 0 saturated carbocycles. The van der Waals surface area contributed by atoms with E-state index in [1.54, 1.807) is 0 Å². The van der Waals surface area contributed by atoms with Crippen molar-refractivity contribution in [2.24, 2.45) is 0 Å². The first kappa shape index (κ1) is 23.7. The zero-order chi connectivity index (χ0) is 21.9. The van der Waals surface area contributed by atoms with E-state index in [2.05, 4.69) is 16.9 Å². The molecule has 162 valence electrons. The summed E-state index contributed by atoms with van der Waals surface area (Å²) in [7, 11) is 1.19. The minimum Gasteiger partial charge on any atom is -0.466 e. The van der Waals surface area contributed by atoms with E-state index >= 15 is 0 Å². The Kier molecular flexibility index (Phi) is 9.65. The van der Waals surface area contributed by atoms with Gasteiger partial charge in [-0.1, -0.05) is 56.0 Å². The second-order valence-corrected chi connectivity index (χ2v) is 7.42. The lowest BCUT2D eigenvalue weighted by atomic mass is 9.96. The quantitative estimate of drug-likeness (QED) is 0.175. The number of rotatable bonds is 11. The molecule has 0 amide bonds. The molecular weight excluding hydrogens is 389 g/mol. The highest BCUT2D eigenvalue weighted by molar-refractivity contribution is 5.87. The first-order chi connectivity index (χ1) is 14.5. The van der Waals surface area contributed by atoms with E-state index in [4.69, 9.17) is 0 Å². The lowest BCUT2D eigenvalue weighted by molar-refractivity contribution is -0.134. The molecule has 0 bridgehead atoms. The van der Waals surface area contributed by atoms with Gasteiger partial charge in [-0.05, 0) is 44.2 Å². The van der Waals surface area contributed by atoms with Gasteiger partial charge >= 0.3 is 5.97 Å². The Morgan fingerprint density at radius 2 is 1.47 bits per heavy atom. The van der Waals surface area contributed by atoms with Crippen molar-refractivity contribution in [1.29, 1.82) is 0 Å². The molecule has 0 heterocycles. The molecule has 0 aliphatic rings. The van der Waals surface area contributed by atoms with Gasteiger partial charge in [0.25, 0.3) is 0 Å². The van der Waals surface area contributed by atoms with Gasteiger partial charge in [-0.15, -0.1) is 0 Å². The van der Waals surface area contributed by atoms with Crippen LogP contribution in [0.1, 0.15) is 60.8 Å². The van der Waals surface area contributed by atoms with Crippen LogP contribution < -0.4 is 0 Å². The molecule has 0 saturated heterocycles. The molecule has 2 aromatic rings. The Balaban J connectivity index is 1.86. The maximum Gasteiger partial charge on any atom is 0.330 e. The summed E-state index contributed by atoms with van der Waals surface area (Å²) in [5, 5.41) is 0. The van der Waals surface area contributed by atoms with Crippen molar-refractivity contribution in [3.63, 3.8) is 0 Å². The second-order valence-electron chi connectivity index (χ2n) is 7.42. The molecule has 2 rings (SSSR count). The van der Waals surface area contributed by atoms with Gasteiger partial charge in [-0.25, -0.2) is 18.0 Å². The van der Waals surface area contributed by atoms with Crippen LogP contribution in [0.4, 0.5) is 13.2 Å². The Morgan fingerprint density at radius 1 is 0.867 bits per heavy atom. The van der Waals surface area contributed by atoms with Gasteiger partial charge < -0.3 is 4.74 Å². The number of halogens is 3. The molecule has 0 unspecified atom stereocenters. The number of carbonyl (C=O) groups is 1. The molecule has 0 atom stereocenters. The first-order valence-electron chi connectivity index (χ1n) is 10.4. The SMILES string of the molecule is COC(=O)C=Cc1c(F)c(C)c(F)c(F)c1CCCCCCCCc1ccccc1. The monoisotopic (exact) mass is 418 g/mol. The highest BCUT2D eigenvalue weighted by atomic mass is 19.2. The molecule has 2 aromatic carbocycles. The smallest absolute Gasteiger partial charge is 0.330 e. The van der Waals surface area contributed by atoms with Crippen molar-refractivity contribution in [2.75, 3.05) is 7.11 Å². The zero-order valence-corrected chi connectivity index (χ0v) is 17.6. The highest BCUT2D eigenvalue weighted by Crippen LogP contribution is 2.27. The van der Waals surface area contributed by atoms with E-state index in [1.165, 1.54) is 19.6 Å². The molecule has 0 aromatic heterocycles. The topological polar surface area (TPSA) is 26.3 Å². The average molecular weight is 418 g/mol. The molecule has 0 spiro atoms. The number of benzene rings is 2. The number of unbranched alkanes of at least 4 members (excludes halogenated alkanes) is 5. The van der Waals surface area contributed by atoms with Crippen LogP contribution in [-0.2, 0) is 22.4 Å². The van der Waals surface area contributed by atoms with Crippen molar-refractivity contribution in [3.8, 4) is 0 Å². The fourth-order valence-electron chi connectivity index (χ4n) is 3.47. The van der Waals surface area contributed by atoms with Crippen molar-refractivity contribution in [1.82, 2.24) is 0 Å². The summed E-state index contributed by atoms with van der Waals surface area (Å²) in [6.45, 7) is 1.18. The summed E-state index contributed by atoms with van der Waals surface area (Å²) < 4.78 is 47.5. The maximum atomic E-state index is 14.5. The third-order valence-electron chi connectivity index (χ3n) is 5.25. The van der Waals surface area contributed by atoms with Crippen LogP contribution in [0.15, 0.2) is 36.4 Å². The third kappa shape index (κ3) is 6.75. The summed E-state index contributed by atoms with van der Waals surface area (Å²) >= 11 is 0. The first-order valence-corrected chi connectivity index (χ1v) is 10.4. The minimum absolute atomic E-state index is 0.0279. The molecule has 0 fully saturated rings. The van der Waals surface area contributed by atoms with Gasteiger partial charge in [0.2, 0.25) is 0 Å². The Bertz CT molecular complexity index is 861. The number of hydrogen-bond donors (Lipinski definition) is 0. The summed E-state index contributed by atoms with van der Waals surface area (Å²) in [5.41, 5.74) is 0.836. The molecule has 5 heteroatoms. The normalized spacial score (nSPS) is 11.2. The summed E-state index contributed by atoms with van der Waals surface area (Å²) in [5.74, 6) is -3.73. The number of ether oxygens (including phenoxy) is 1. The zero-order valence-electron chi connectivity index (χ0n) is 17.6. The van der Waals surface area contributed by atoms with Crippen LogP contribution in [0.2, 0.25) is 0 Å². The summed E-state index contributed by atoms with van der Waals surface area (Å²) in [6, 6.07) is 10.3. The minimum atomic E-state index is -1.17. The summed E-state index contributed by atoms with van der Waals surface area (Å²) in [6.07, 6.45) is 9.22. The van der Waals surface area contributed by atoms with Crippen LogP contribution in [0.5, 0.6) is 0 Å². The number of carbonyl (C=O) groups excluding carboxylic acids is 1. The predicted octanol–water partition coefficient (Wildman–Crippen LogP) is 6.72. The molecule has 0 aliphatic heterocycles. The Morgan fingerprint density at radius 3 is 2.10 bits per heavy atom. The molecule has 30 heavy (non-hydrogen) atoms. The van der Waals surface area contributed by atoms with Crippen molar-refractivity contribution < 1.29 is 22.7 Å². The van der Waals surface area contributed by atoms with Crippen molar-refractivity contribution in [3.05, 3.63) is 76.1 Å². The summed E-state index contributed by atoms with van der Waals surface area (Å²) in [4.78, 5) is 11.3. The second kappa shape index (κ2) is 12.2. The van der Waals surface area contributed by atoms with Gasteiger partial charge in [0, 0.05) is 22.8 Å². The van der Waals surface area contributed by atoms with Crippen LogP contribution in [0, 0.1) is 24.4 Å². The largest absolute Gasteiger partial charge is 0.466 e. The maximum absolute atomic E-state index is 14.5. The highest BCUT2D eigenvalue weighted by Gasteiger charge is 2.21. The van der Waals surface area contributed by atoms with Gasteiger partial charge in [-0.2, -0.15) is 0 Å². The Labute approximate surface area is 176 Å². The van der Waals surface area contributed by atoms with E-state index in [1.807, 2.05) is 18.2 Å². The average Bonchev–Trinajstić information content (AvgIpc) is 2.77. The van der Waals surface area contributed by atoms with Crippen LogP contribution in [-0.4, -0.2) is 13.1 Å². The Hall–Kier alpha value is -2.56. The molecule has 0 N–H and O–H groups in total. The number of hydrogen-bond acceptors (Lipinski definition) is 2. The standard InChI is InChI=1S/C25H29F3O2/c1-18-23(26)21(16-17-22(29)30-2)20(25(28)24(18)27)15-11-6-4-3-5-8-12-19-13-9-7-10-14-19/h7,9-10,13-14,16-17H,3-6,8,11-12,15H2,1-2H3. The van der Waals surface area contributed by atoms with Crippen molar-refractivity contribution >= 4 is 12.0 Å². The van der Waals surface area contributed by atoms with E-state index in [-0.39, 0.29) is 23.1 Å². The number of aryl methyl sites for hydroxylation is 1. The molecule has 0 aliphatic carbocycles. The van der Waals surface area contributed by atoms with Crippen molar-refractivity contribution in [2.45, 2.75) is 58.3 Å². The van der Waals surface area contributed by atoms with Crippen LogP contribution >= 0.6 is 0 Å². The van der Waals surface area contributed by atoms with Gasteiger partial charge in [0.05, 0.1) is 7.11 Å². The lowest BCUT2D eigenvalue weighted by Crippen LogP contribution is -2.06. The molecular formula is C25H29F3O2. The van der Waals surface area contributed by atoms with E-state index in [0.717, 1.165) is 50.7 Å². The molecule has 0 radical (unpaired) electrons. The van der Waals surface area contributed by atoms with Gasteiger partial charge in [0.1, 0.15) is 5.82 Å². The fraction of sp³-hybridized carbons (Fsp3) is 0.400. The van der Waals surface area contributed by atoms with Crippen LogP contribution in [0.3, 0.4) is 0 Å².